The van der Waals surface area contributed by atoms with E-state index in [1.807, 2.05) is 12.1 Å². The number of H-pyrrole nitrogens is 1. The van der Waals surface area contributed by atoms with Gasteiger partial charge in [-0.05, 0) is 73.2 Å². The molecule has 0 spiro atoms. The Morgan fingerprint density at radius 1 is 0.923 bits per heavy atom. The van der Waals surface area contributed by atoms with Gasteiger partial charge in [0, 0.05) is 48.3 Å². The largest absolute Gasteiger partial charge is 0.380 e. The summed E-state index contributed by atoms with van der Waals surface area (Å²) in [7, 11) is 0. The van der Waals surface area contributed by atoms with E-state index < -0.39 is 23.4 Å². The van der Waals surface area contributed by atoms with Crippen LogP contribution in [-0.2, 0) is 4.79 Å². The lowest BCUT2D eigenvalue weighted by atomic mass is 10.0. The number of nitrogens with one attached hydrogen (secondary N) is 3. The van der Waals surface area contributed by atoms with Crippen molar-refractivity contribution < 1.29 is 22.8 Å². The van der Waals surface area contributed by atoms with Crippen molar-refractivity contribution in [1.29, 1.82) is 0 Å². The van der Waals surface area contributed by atoms with Gasteiger partial charge < -0.3 is 20.5 Å². The lowest BCUT2D eigenvalue weighted by Crippen LogP contribution is -2.42. The van der Waals surface area contributed by atoms with Gasteiger partial charge in [-0.3, -0.25) is 9.59 Å². The van der Waals surface area contributed by atoms with E-state index >= 15 is 4.39 Å². The number of likely N-dealkylation sites (tertiary alicyclic amines) is 1. The van der Waals surface area contributed by atoms with E-state index in [2.05, 4.69) is 20.6 Å². The van der Waals surface area contributed by atoms with Crippen LogP contribution in [0.15, 0.2) is 54.7 Å². The van der Waals surface area contributed by atoms with E-state index in [4.69, 9.17) is 0 Å². The molecule has 3 N–H and O–H groups in total. The molecule has 10 heteroatoms. The van der Waals surface area contributed by atoms with Crippen LogP contribution in [0.5, 0.6) is 0 Å². The molecule has 1 saturated carbocycles. The molecule has 0 radical (unpaired) electrons. The second-order valence-electron chi connectivity index (χ2n) is 10.1. The van der Waals surface area contributed by atoms with Crippen LogP contribution in [0.3, 0.4) is 0 Å². The third-order valence-electron chi connectivity index (χ3n) is 7.26. The summed E-state index contributed by atoms with van der Waals surface area (Å²) in [4.78, 5) is 34.0. The van der Waals surface area contributed by atoms with Crippen molar-refractivity contribution in [1.82, 2.24) is 14.9 Å². The van der Waals surface area contributed by atoms with Crippen LogP contribution in [0.2, 0.25) is 0 Å². The summed E-state index contributed by atoms with van der Waals surface area (Å²) in [6.45, 7) is 0.762. The van der Waals surface area contributed by atoms with Crippen molar-refractivity contribution in [2.45, 2.75) is 31.7 Å². The molecular weight excluding hydrogens is 507 g/mol. The number of carbonyl (C=O) groups is 2. The first kappa shape index (κ1) is 25.0. The maximum absolute atomic E-state index is 15.3. The number of pyridine rings is 1. The van der Waals surface area contributed by atoms with Gasteiger partial charge in [-0.15, -0.1) is 0 Å². The molecule has 2 aromatic carbocycles. The summed E-state index contributed by atoms with van der Waals surface area (Å²) in [6.07, 6.45) is 4.63. The topological polar surface area (TPSA) is 90.1 Å². The van der Waals surface area contributed by atoms with Crippen molar-refractivity contribution in [3.05, 3.63) is 77.7 Å². The molecule has 1 aliphatic carbocycles. The summed E-state index contributed by atoms with van der Waals surface area (Å²) in [5.41, 5.74) is 2.32. The number of rotatable bonds is 6. The van der Waals surface area contributed by atoms with Crippen molar-refractivity contribution in [2.75, 3.05) is 23.7 Å². The van der Waals surface area contributed by atoms with Crippen molar-refractivity contribution in [3.8, 4) is 11.1 Å². The number of aromatic nitrogens is 2. The minimum absolute atomic E-state index is 0.0246. The van der Waals surface area contributed by atoms with Crippen LogP contribution in [0.4, 0.5) is 24.7 Å². The number of hydrogen-bond acceptors (Lipinski definition) is 4. The fraction of sp³-hybridized carbons (Fsp3) is 0.276. The first-order chi connectivity index (χ1) is 18.8. The van der Waals surface area contributed by atoms with Gasteiger partial charge >= 0.3 is 0 Å². The molecule has 1 saturated heterocycles. The number of hydrogen-bond donors (Lipinski definition) is 3. The molecule has 4 aromatic rings. The van der Waals surface area contributed by atoms with Crippen molar-refractivity contribution in [3.63, 3.8) is 0 Å². The molecule has 6 rings (SSSR count). The number of amides is 2. The summed E-state index contributed by atoms with van der Waals surface area (Å²) in [6, 6.07) is 11.3. The first-order valence-electron chi connectivity index (χ1n) is 12.9. The summed E-state index contributed by atoms with van der Waals surface area (Å²) >= 11 is 0. The lowest BCUT2D eigenvalue weighted by Gasteiger charge is -2.33. The second kappa shape index (κ2) is 10.1. The van der Waals surface area contributed by atoms with Gasteiger partial charge in [-0.1, -0.05) is 6.07 Å². The van der Waals surface area contributed by atoms with Crippen LogP contribution in [-0.4, -0.2) is 45.8 Å². The highest BCUT2D eigenvalue weighted by atomic mass is 19.1. The minimum Gasteiger partial charge on any atom is -0.380 e. The van der Waals surface area contributed by atoms with E-state index in [1.165, 1.54) is 6.07 Å². The lowest BCUT2D eigenvalue weighted by molar-refractivity contribution is -0.117. The zero-order chi connectivity index (χ0) is 27.1. The first-order valence-corrected chi connectivity index (χ1v) is 12.9. The molecule has 2 fully saturated rings. The van der Waals surface area contributed by atoms with Crippen LogP contribution >= 0.6 is 0 Å². The van der Waals surface area contributed by atoms with Gasteiger partial charge in [0.05, 0.1) is 5.69 Å². The smallest absolute Gasteiger partial charge is 0.254 e. The van der Waals surface area contributed by atoms with Gasteiger partial charge in [-0.25, -0.2) is 18.2 Å². The molecule has 7 nitrogen and oxygen atoms in total. The molecule has 0 bridgehead atoms. The SMILES string of the molecule is O=C(Nc1cc(-c2ccc(NC3CCN(C(=O)c4cc(F)cc(F)c4)CC3)c(F)c2)c2cc[nH]c2n1)C1CC1. The Morgan fingerprint density at radius 2 is 1.67 bits per heavy atom. The highest BCUT2D eigenvalue weighted by molar-refractivity contribution is 5.99. The number of anilines is 2. The molecule has 2 aliphatic rings. The number of fused-ring (bicyclic) bond motifs is 1. The molecule has 3 heterocycles. The fourth-order valence-electron chi connectivity index (χ4n) is 5.02. The monoisotopic (exact) mass is 533 g/mol. The Balaban J connectivity index is 1.14. The van der Waals surface area contributed by atoms with E-state index in [1.54, 1.807) is 23.2 Å². The van der Waals surface area contributed by atoms with Crippen LogP contribution in [0.25, 0.3) is 22.2 Å². The number of nitrogens with zero attached hydrogens (tertiary/aromatic N) is 2. The molecule has 39 heavy (non-hydrogen) atoms. The quantitative estimate of drug-likeness (QED) is 0.296. The molecule has 0 atom stereocenters. The molecule has 1 aliphatic heterocycles. The van der Waals surface area contributed by atoms with Gasteiger partial charge in [0.15, 0.2) is 0 Å². The summed E-state index contributed by atoms with van der Waals surface area (Å²) < 4.78 is 42.3. The normalized spacial score (nSPS) is 15.9. The van der Waals surface area contributed by atoms with Gasteiger partial charge in [0.2, 0.25) is 5.91 Å². The maximum Gasteiger partial charge on any atom is 0.254 e. The molecule has 0 unspecified atom stereocenters. The number of piperidine rings is 1. The number of aromatic amines is 1. The molecular formula is C29H26F3N5O2. The Morgan fingerprint density at radius 3 is 2.36 bits per heavy atom. The van der Waals surface area contributed by atoms with Crippen LogP contribution in [0.1, 0.15) is 36.0 Å². The van der Waals surface area contributed by atoms with Crippen molar-refractivity contribution >= 4 is 34.4 Å². The fourth-order valence-corrected chi connectivity index (χ4v) is 5.02. The third kappa shape index (κ3) is 5.32. The zero-order valence-electron chi connectivity index (χ0n) is 20.9. The van der Waals surface area contributed by atoms with Gasteiger partial charge in [-0.2, -0.15) is 0 Å². The Labute approximate surface area is 222 Å². The van der Waals surface area contributed by atoms with Crippen LogP contribution < -0.4 is 10.6 Å². The standard InChI is InChI=1S/C29H26F3N5O2/c30-19-11-18(12-20(31)14-19)29(39)37-9-6-21(7-10-37)34-25-4-3-17(13-24(25)32)23-15-26(36-28(38)16-1-2-16)35-27-22(23)5-8-33-27/h3-5,8,11-16,21,34H,1-2,6-7,9-10H2,(H2,33,35,36,38). The average Bonchev–Trinajstić information content (AvgIpc) is 3.67. The molecule has 2 aromatic heterocycles. The van der Waals surface area contributed by atoms with E-state index in [-0.39, 0.29) is 23.4 Å². The minimum atomic E-state index is -0.794. The number of benzene rings is 2. The molecule has 2 amide bonds. The van der Waals surface area contributed by atoms with Crippen LogP contribution in [0, 0.1) is 23.4 Å². The van der Waals surface area contributed by atoms with Gasteiger partial charge in [0.25, 0.3) is 5.91 Å². The Hall–Kier alpha value is -4.34. The average molecular weight is 534 g/mol. The predicted octanol–water partition coefficient (Wildman–Crippen LogP) is 5.71. The summed E-state index contributed by atoms with van der Waals surface area (Å²) in [5.74, 6) is -2.04. The third-order valence-corrected chi connectivity index (χ3v) is 7.26. The second-order valence-corrected chi connectivity index (χ2v) is 10.1. The highest BCUT2D eigenvalue weighted by Gasteiger charge is 2.30. The predicted molar refractivity (Wildman–Crippen MR) is 142 cm³/mol. The zero-order valence-corrected chi connectivity index (χ0v) is 20.9. The van der Waals surface area contributed by atoms with E-state index in [9.17, 15) is 18.4 Å². The number of carbonyl (C=O) groups excluding carboxylic acids is 2. The molecule has 200 valence electrons. The van der Waals surface area contributed by atoms with Crippen molar-refractivity contribution in [2.24, 2.45) is 5.92 Å². The highest BCUT2D eigenvalue weighted by Crippen LogP contribution is 2.34. The van der Waals surface area contributed by atoms with Gasteiger partial charge in [0.1, 0.15) is 28.9 Å². The Bertz CT molecular complexity index is 1550. The number of halogens is 3. The van der Waals surface area contributed by atoms with E-state index in [0.717, 1.165) is 42.0 Å². The Kier molecular flexibility index (Phi) is 6.46. The summed E-state index contributed by atoms with van der Waals surface area (Å²) in [5, 5.41) is 6.90. The maximum atomic E-state index is 15.3. The van der Waals surface area contributed by atoms with E-state index in [0.29, 0.717) is 48.6 Å².